The summed E-state index contributed by atoms with van der Waals surface area (Å²) in [5.41, 5.74) is 9.59. The second-order valence-electron chi connectivity index (χ2n) is 12.1. The number of hydrogen-bond acceptors (Lipinski definition) is 15. The molecule has 0 radical (unpaired) electrons. The SMILES string of the molecule is CC(=O)O[C@H]1[C@H](OC(C)=O)[C@@H](COP(=O)(N[C@@H](C)C(=O)OC(C)C)Oc2ccccc2)OC(OC(=O)c2ccc(N(C)C)cc2)[C@H]1NC(=O)CN=[N+]=[N-]. The molecule has 288 valence electrons. The van der Waals surface area contributed by atoms with E-state index in [0.717, 1.165) is 19.5 Å². The summed E-state index contributed by atoms with van der Waals surface area (Å²) in [5.74, 6) is -4.30. The first kappa shape index (κ1) is 42.2. The molecule has 0 spiro atoms. The molecule has 1 saturated heterocycles. The third-order valence-corrected chi connectivity index (χ3v) is 8.78. The van der Waals surface area contributed by atoms with Crippen LogP contribution in [-0.2, 0) is 52.0 Å². The minimum Gasteiger partial charge on any atom is -0.462 e. The lowest BCUT2D eigenvalue weighted by Crippen LogP contribution is -2.67. The number of amides is 1. The number of para-hydroxylation sites is 1. The number of carbonyl (C=O) groups is 5. The summed E-state index contributed by atoms with van der Waals surface area (Å²) in [4.78, 5) is 68.1. The predicted octanol–water partition coefficient (Wildman–Crippen LogP) is 3.43. The van der Waals surface area contributed by atoms with Crippen molar-refractivity contribution < 1.29 is 61.3 Å². The molecular formula is C33H43N6O13P. The third kappa shape index (κ3) is 13.1. The van der Waals surface area contributed by atoms with Crippen molar-refractivity contribution in [2.24, 2.45) is 5.11 Å². The Morgan fingerprint density at radius 2 is 1.57 bits per heavy atom. The van der Waals surface area contributed by atoms with E-state index in [2.05, 4.69) is 20.4 Å². The minimum atomic E-state index is -4.53. The van der Waals surface area contributed by atoms with E-state index in [1.54, 1.807) is 63.2 Å². The Morgan fingerprint density at radius 1 is 0.943 bits per heavy atom. The lowest BCUT2D eigenvalue weighted by molar-refractivity contribution is -0.261. The molecule has 2 unspecified atom stereocenters. The summed E-state index contributed by atoms with van der Waals surface area (Å²) >= 11 is 0. The van der Waals surface area contributed by atoms with Gasteiger partial charge >= 0.3 is 31.6 Å². The highest BCUT2D eigenvalue weighted by molar-refractivity contribution is 7.52. The second kappa shape index (κ2) is 19.6. The normalized spacial score (nSPS) is 21.1. The summed E-state index contributed by atoms with van der Waals surface area (Å²) in [6, 6.07) is 11.3. The van der Waals surface area contributed by atoms with E-state index in [-0.39, 0.29) is 11.3 Å². The van der Waals surface area contributed by atoms with E-state index in [0.29, 0.717) is 0 Å². The Morgan fingerprint density at radius 3 is 2.13 bits per heavy atom. The number of benzene rings is 2. The van der Waals surface area contributed by atoms with Gasteiger partial charge in [0, 0.05) is 38.5 Å². The number of nitrogens with zero attached hydrogens (tertiary/aromatic N) is 4. The van der Waals surface area contributed by atoms with E-state index < -0.39 is 93.5 Å². The largest absolute Gasteiger partial charge is 0.462 e. The Labute approximate surface area is 305 Å². The van der Waals surface area contributed by atoms with Crippen LogP contribution < -0.4 is 19.8 Å². The molecule has 1 aliphatic heterocycles. The Hall–Kier alpha value is -5.19. The minimum absolute atomic E-state index is 0.0736. The topological polar surface area (TPSA) is 243 Å². The number of hydrogen-bond donors (Lipinski definition) is 2. The molecule has 0 aliphatic carbocycles. The average molecular weight is 763 g/mol. The number of anilines is 1. The van der Waals surface area contributed by atoms with Crippen LogP contribution in [0.15, 0.2) is 59.7 Å². The van der Waals surface area contributed by atoms with Gasteiger partial charge in [-0.1, -0.05) is 23.3 Å². The van der Waals surface area contributed by atoms with Crippen LogP contribution in [0, 0.1) is 0 Å². The zero-order valence-electron chi connectivity index (χ0n) is 30.2. The third-order valence-electron chi connectivity index (χ3n) is 7.13. The highest BCUT2D eigenvalue weighted by Crippen LogP contribution is 2.46. The zero-order valence-corrected chi connectivity index (χ0v) is 31.1. The van der Waals surface area contributed by atoms with Gasteiger partial charge in [0.2, 0.25) is 12.2 Å². The van der Waals surface area contributed by atoms with Crippen molar-refractivity contribution in [1.82, 2.24) is 10.4 Å². The molecule has 1 heterocycles. The van der Waals surface area contributed by atoms with Gasteiger partial charge in [0.1, 0.15) is 30.5 Å². The van der Waals surface area contributed by atoms with Crippen molar-refractivity contribution in [2.75, 3.05) is 32.1 Å². The van der Waals surface area contributed by atoms with Crippen LogP contribution in [-0.4, -0.2) is 99.8 Å². The van der Waals surface area contributed by atoms with Gasteiger partial charge in [-0.2, -0.15) is 5.09 Å². The van der Waals surface area contributed by atoms with E-state index >= 15 is 0 Å². The zero-order chi connectivity index (χ0) is 39.3. The van der Waals surface area contributed by atoms with Gasteiger partial charge in [-0.3, -0.25) is 23.7 Å². The van der Waals surface area contributed by atoms with E-state index in [1.165, 1.54) is 31.2 Å². The summed E-state index contributed by atoms with van der Waals surface area (Å²) < 4.78 is 53.7. The maximum Gasteiger partial charge on any atom is 0.459 e. The van der Waals surface area contributed by atoms with Crippen LogP contribution in [0.4, 0.5) is 5.69 Å². The molecule has 2 aromatic rings. The number of azide groups is 1. The molecule has 7 atom stereocenters. The molecule has 53 heavy (non-hydrogen) atoms. The van der Waals surface area contributed by atoms with Gasteiger partial charge in [0.05, 0.1) is 18.3 Å². The quantitative estimate of drug-likeness (QED) is 0.0586. The molecule has 1 fully saturated rings. The second-order valence-corrected chi connectivity index (χ2v) is 13.7. The molecule has 0 bridgehead atoms. The van der Waals surface area contributed by atoms with E-state index in [1.807, 2.05) is 0 Å². The number of esters is 4. The van der Waals surface area contributed by atoms with Crippen molar-refractivity contribution in [3.63, 3.8) is 0 Å². The molecule has 3 rings (SSSR count). The maximum atomic E-state index is 14.2. The maximum absolute atomic E-state index is 14.2. The average Bonchev–Trinajstić information content (AvgIpc) is 3.08. The summed E-state index contributed by atoms with van der Waals surface area (Å²) in [6.45, 7) is 5.25. The molecule has 0 saturated carbocycles. The number of rotatable bonds is 17. The Kier molecular flexibility index (Phi) is 15.6. The van der Waals surface area contributed by atoms with Crippen molar-refractivity contribution in [2.45, 2.75) is 77.4 Å². The molecule has 1 amide bonds. The Bertz CT molecular complexity index is 1690. The lowest BCUT2D eigenvalue weighted by Gasteiger charge is -2.44. The summed E-state index contributed by atoms with van der Waals surface area (Å²) in [5, 5.41) is 8.20. The van der Waals surface area contributed by atoms with Gasteiger partial charge in [-0.05, 0) is 62.7 Å². The molecule has 20 heteroatoms. The molecule has 0 aromatic heterocycles. The van der Waals surface area contributed by atoms with Crippen LogP contribution in [0.2, 0.25) is 0 Å². The van der Waals surface area contributed by atoms with E-state index in [9.17, 15) is 28.5 Å². The summed E-state index contributed by atoms with van der Waals surface area (Å²) in [6.07, 6.45) is -7.02. The molecule has 2 aromatic carbocycles. The van der Waals surface area contributed by atoms with Crippen LogP contribution in [0.5, 0.6) is 5.75 Å². The molecule has 2 N–H and O–H groups in total. The predicted molar refractivity (Wildman–Crippen MR) is 186 cm³/mol. The standard InChI is InChI=1S/C33H43N6O13P/c1-19(2)47-31(43)20(3)37-53(45,52-25-11-9-8-10-12-25)46-18-26-29(48-21(4)40)30(49-22(5)41)28(36-27(42)17-35-38-34)33(50-26)51-32(44)23-13-15-24(16-14-23)39(6)7/h8-16,19-20,26,28-30,33H,17-18H2,1-7H3,(H,36,42)(H,37,45)/t20-,26+,28-,29+,30+,33?,53?/m0/s1. The molecule has 19 nitrogen and oxygen atoms in total. The van der Waals surface area contributed by atoms with Crippen LogP contribution in [0.3, 0.4) is 0 Å². The fourth-order valence-corrected chi connectivity index (χ4v) is 6.36. The number of nitrogens with one attached hydrogen (secondary N) is 2. The van der Waals surface area contributed by atoms with Crippen molar-refractivity contribution in [3.05, 3.63) is 70.6 Å². The number of carbonyl (C=O) groups excluding carboxylic acids is 5. The van der Waals surface area contributed by atoms with Gasteiger partial charge in [-0.15, -0.1) is 0 Å². The van der Waals surface area contributed by atoms with Crippen LogP contribution >= 0.6 is 7.75 Å². The van der Waals surface area contributed by atoms with Gasteiger partial charge < -0.3 is 38.4 Å². The van der Waals surface area contributed by atoms with Gasteiger partial charge in [-0.25, -0.2) is 9.36 Å². The fourth-order valence-electron chi connectivity index (χ4n) is 4.86. The smallest absolute Gasteiger partial charge is 0.459 e. The monoisotopic (exact) mass is 762 g/mol. The first-order valence-corrected chi connectivity index (χ1v) is 17.8. The Balaban J connectivity index is 2.05. The first-order chi connectivity index (χ1) is 25.0. The first-order valence-electron chi connectivity index (χ1n) is 16.3. The van der Waals surface area contributed by atoms with Gasteiger partial charge in [0.25, 0.3) is 0 Å². The van der Waals surface area contributed by atoms with Crippen molar-refractivity contribution in [3.8, 4) is 5.75 Å². The lowest BCUT2D eigenvalue weighted by atomic mass is 9.96. The van der Waals surface area contributed by atoms with Gasteiger partial charge in [0.15, 0.2) is 12.2 Å². The summed E-state index contributed by atoms with van der Waals surface area (Å²) in [7, 11) is -0.922. The fraction of sp³-hybridized carbons (Fsp3) is 0.485. The van der Waals surface area contributed by atoms with Crippen molar-refractivity contribution in [1.29, 1.82) is 0 Å². The highest BCUT2D eigenvalue weighted by atomic mass is 31.2. The molecule has 1 aliphatic rings. The highest BCUT2D eigenvalue weighted by Gasteiger charge is 2.53. The van der Waals surface area contributed by atoms with E-state index in [4.69, 9.17) is 38.3 Å². The van der Waals surface area contributed by atoms with Crippen LogP contribution in [0.25, 0.3) is 10.4 Å². The number of ether oxygens (including phenoxy) is 5. The van der Waals surface area contributed by atoms with Crippen LogP contribution in [0.1, 0.15) is 45.0 Å². The van der Waals surface area contributed by atoms with Crippen molar-refractivity contribution >= 4 is 43.2 Å². The molecular weight excluding hydrogens is 719 g/mol.